The van der Waals surface area contributed by atoms with E-state index in [4.69, 9.17) is 4.84 Å². The van der Waals surface area contributed by atoms with Crippen LogP contribution in [-0.4, -0.2) is 11.3 Å². The third-order valence-corrected chi connectivity index (χ3v) is 11.2. The molecule has 0 fully saturated rings. The number of aromatic nitrogens is 1. The molecule has 7 rings (SSSR count). The van der Waals surface area contributed by atoms with Crippen molar-refractivity contribution >= 4 is 38.9 Å². The Kier molecular flexibility index (Phi) is 14.8. The summed E-state index contributed by atoms with van der Waals surface area (Å²) in [4.78, 5) is 5.75. The van der Waals surface area contributed by atoms with Crippen LogP contribution in [0.15, 0.2) is 140 Å². The summed E-state index contributed by atoms with van der Waals surface area (Å²) in [5.41, 5.74) is -29.2. The Morgan fingerprint density at radius 3 is 0.840 bits per heavy atom. The minimum atomic E-state index is -6.13. The molecule has 0 saturated carbocycles. The lowest BCUT2D eigenvalue weighted by Gasteiger charge is -2.46. The summed E-state index contributed by atoms with van der Waals surface area (Å²) in [6.45, 7) is 0. The van der Waals surface area contributed by atoms with Crippen molar-refractivity contribution in [1.29, 1.82) is 0 Å². The number of phenolic OH excluding ortho intramolecular Hbond substituents is 1. The van der Waals surface area contributed by atoms with Gasteiger partial charge in [-0.1, -0.05) is 60.7 Å². The lowest BCUT2D eigenvalue weighted by atomic mass is 9.12. The van der Waals surface area contributed by atoms with E-state index in [9.17, 15) is 110 Å². The highest BCUT2D eigenvalue weighted by molar-refractivity contribution is 7.20. The fraction of sp³-hybridized carbons (Fsp3) is 0.170. The van der Waals surface area contributed by atoms with Gasteiger partial charge in [0.15, 0.2) is 0 Å². The number of phenols is 1. The molecule has 0 unspecified atom stereocenters. The van der Waals surface area contributed by atoms with E-state index in [0.717, 1.165) is 10.9 Å². The number of halogens is 24. The van der Waals surface area contributed by atoms with Crippen LogP contribution in [0.25, 0.3) is 10.9 Å². The molecule has 0 atom stereocenters. The third-order valence-electron chi connectivity index (χ3n) is 11.2. The predicted octanol–water partition coefficient (Wildman–Crippen LogP) is 13.9. The normalized spacial score (nSPS) is 13.4. The molecular weight excluding hydrogens is 1080 g/mol. The van der Waals surface area contributed by atoms with Crippen molar-refractivity contribution in [3.63, 3.8) is 0 Å². The lowest BCUT2D eigenvalue weighted by molar-refractivity contribution is -0.854. The van der Waals surface area contributed by atoms with E-state index in [1.54, 1.807) is 29.0 Å². The summed E-state index contributed by atoms with van der Waals surface area (Å²) in [6.07, 6.45) is -52.9. The highest BCUT2D eigenvalue weighted by Gasteiger charge is 2.47. The number of nitrogens with zero attached hydrogens (tertiary/aromatic N) is 1. The molecule has 7 aromatic rings. The van der Waals surface area contributed by atoms with E-state index in [-0.39, 0.29) is 5.75 Å². The molecule has 75 heavy (non-hydrogen) atoms. The Morgan fingerprint density at radius 2 is 0.573 bits per heavy atom. The molecule has 0 radical (unpaired) electrons. The summed E-state index contributed by atoms with van der Waals surface area (Å²) in [6, 6.07) is 9.80. The van der Waals surface area contributed by atoms with Crippen LogP contribution in [0.1, 0.15) is 44.5 Å². The molecule has 0 aliphatic carbocycles. The van der Waals surface area contributed by atoms with Gasteiger partial charge in [0.05, 0.1) is 49.9 Å². The van der Waals surface area contributed by atoms with Crippen LogP contribution < -0.4 is 31.4 Å². The molecule has 400 valence electrons. The van der Waals surface area contributed by atoms with Crippen molar-refractivity contribution in [3.8, 4) is 11.5 Å². The van der Waals surface area contributed by atoms with Crippen molar-refractivity contribution < 1.29 is 120 Å². The summed E-state index contributed by atoms with van der Waals surface area (Å²) in [5.74, 6) is 0.902. The van der Waals surface area contributed by atoms with Crippen LogP contribution in [0.2, 0.25) is 0 Å². The second-order valence-electron chi connectivity index (χ2n) is 16.2. The van der Waals surface area contributed by atoms with Gasteiger partial charge in [0.25, 0.3) is 5.52 Å². The summed E-state index contributed by atoms with van der Waals surface area (Å²) >= 11 is 0. The Morgan fingerprint density at radius 1 is 0.320 bits per heavy atom. The van der Waals surface area contributed by atoms with Gasteiger partial charge < -0.3 is 5.11 Å². The first-order chi connectivity index (χ1) is 34.1. The van der Waals surface area contributed by atoms with Crippen LogP contribution in [-0.2, 0) is 49.4 Å². The van der Waals surface area contributed by atoms with E-state index in [2.05, 4.69) is 0 Å². The van der Waals surface area contributed by atoms with Crippen molar-refractivity contribution in [2.45, 2.75) is 49.4 Å². The zero-order valence-corrected chi connectivity index (χ0v) is 36.2. The van der Waals surface area contributed by atoms with E-state index in [1.165, 1.54) is 0 Å². The molecule has 28 heteroatoms. The number of fused-ring (bicyclic) bond motifs is 1. The highest BCUT2D eigenvalue weighted by Crippen LogP contribution is 2.41. The number of benzene rings is 6. The first kappa shape index (κ1) is 57.0. The van der Waals surface area contributed by atoms with Gasteiger partial charge in [-0.05, 0) is 60.7 Å². The van der Waals surface area contributed by atoms with Gasteiger partial charge in [-0.3, -0.25) is 0 Å². The Hall–Kier alpha value is -7.29. The molecular formula is C47H24BF24NO2. The molecule has 1 heterocycles. The van der Waals surface area contributed by atoms with Crippen molar-refractivity contribution in [2.24, 2.45) is 0 Å². The summed E-state index contributed by atoms with van der Waals surface area (Å²) in [7, 11) is 0. The van der Waals surface area contributed by atoms with Crippen LogP contribution in [0, 0.1) is 0 Å². The fourth-order valence-electron chi connectivity index (χ4n) is 7.91. The van der Waals surface area contributed by atoms with Crippen LogP contribution in [0.4, 0.5) is 105 Å². The fourth-order valence-corrected chi connectivity index (χ4v) is 7.91. The lowest BCUT2D eigenvalue weighted by Crippen LogP contribution is -2.75. The molecule has 0 spiro atoms. The standard InChI is InChI=1S/C32H12BF24.C15H11NO2/c34-25(35,36)13-1-14(26(37,38)39)6-21(5-13)33(22-7-15(27(40,41)42)2-16(8-22)28(43,44)45,23-9-17(29(46,47)48)3-18(10-23)30(49,50)51)24-11-19(31(52,53)54)4-20(12-24)32(55,56)57;17-13-7-9-14(10-8-13)18-16-11-3-5-12-4-1-2-6-15(12)16/h1-12H;1-11H/q-1;/p+1. The molecule has 1 aromatic heterocycles. The number of hydrogen-bond acceptors (Lipinski definition) is 2. The maximum absolute atomic E-state index is 14.2. The summed E-state index contributed by atoms with van der Waals surface area (Å²) in [5, 5.41) is 10.3. The van der Waals surface area contributed by atoms with Crippen LogP contribution in [0.5, 0.6) is 11.5 Å². The van der Waals surface area contributed by atoms with Crippen molar-refractivity contribution in [2.75, 3.05) is 0 Å². The van der Waals surface area contributed by atoms with Crippen LogP contribution >= 0.6 is 0 Å². The van der Waals surface area contributed by atoms with Crippen molar-refractivity contribution in [1.82, 2.24) is 0 Å². The Labute approximate surface area is 403 Å². The van der Waals surface area contributed by atoms with Gasteiger partial charge in [-0.25, -0.2) is 4.84 Å². The van der Waals surface area contributed by atoms with Gasteiger partial charge in [-0.15, -0.1) is 0 Å². The Balaban J connectivity index is 0.000000421. The quantitative estimate of drug-likeness (QED) is 0.102. The molecule has 0 saturated heterocycles. The number of pyridine rings is 1. The maximum atomic E-state index is 14.2. The molecule has 1 N–H and O–H groups in total. The number of para-hydroxylation sites is 1. The zero-order chi connectivity index (χ0) is 56.3. The minimum absolute atomic E-state index is 0.227. The largest absolute Gasteiger partial charge is 0.508 e. The second-order valence-corrected chi connectivity index (χ2v) is 16.2. The number of alkyl halides is 24. The molecule has 0 aliphatic rings. The molecule has 0 aliphatic heterocycles. The van der Waals surface area contributed by atoms with E-state index < -0.39 is 195 Å². The monoisotopic (exact) mass is 1100 g/mol. The average molecular weight is 1100 g/mol. The van der Waals surface area contributed by atoms with Gasteiger partial charge in [0.2, 0.25) is 11.9 Å². The highest BCUT2D eigenvalue weighted by atomic mass is 19.4. The van der Waals surface area contributed by atoms with Gasteiger partial charge in [-0.2, -0.15) is 127 Å². The third kappa shape index (κ3) is 12.8. The SMILES string of the molecule is FC(F)(F)c1cc([B-](c2cc(C(F)(F)F)cc(C(F)(F)F)c2)(c2cc(C(F)(F)F)cc(C(F)(F)F)c2)c2cc(C(F)(F)F)cc(C(F)(F)F)c2)cc(C(F)(F)F)c1.Oc1ccc(O[n+]2cccc3ccccc32)cc1. The van der Waals surface area contributed by atoms with Gasteiger partial charge in [0, 0.05) is 16.9 Å². The predicted molar refractivity (Wildman–Crippen MR) is 218 cm³/mol. The summed E-state index contributed by atoms with van der Waals surface area (Å²) < 4.78 is 343. The number of aromatic hydroxyl groups is 1. The topological polar surface area (TPSA) is 33.3 Å². The maximum Gasteiger partial charge on any atom is 0.416 e. The van der Waals surface area contributed by atoms with Gasteiger partial charge >= 0.3 is 49.4 Å². The smallest absolute Gasteiger partial charge is 0.416 e. The first-order valence-corrected chi connectivity index (χ1v) is 20.3. The average Bonchev–Trinajstić information content (AvgIpc) is 3.28. The minimum Gasteiger partial charge on any atom is -0.508 e. The van der Waals surface area contributed by atoms with Gasteiger partial charge in [0.1, 0.15) is 11.9 Å². The zero-order valence-electron chi connectivity index (χ0n) is 36.2. The molecule has 0 amide bonds. The molecule has 3 nitrogen and oxygen atoms in total. The Bertz CT molecular complexity index is 2760. The van der Waals surface area contributed by atoms with Crippen LogP contribution in [0.3, 0.4) is 0 Å². The number of hydrogen-bond donors (Lipinski definition) is 1. The van der Waals surface area contributed by atoms with E-state index in [1.807, 2.05) is 42.6 Å². The van der Waals surface area contributed by atoms with E-state index in [0.29, 0.717) is 5.75 Å². The second kappa shape index (κ2) is 19.4. The van der Waals surface area contributed by atoms with Crippen molar-refractivity contribution in [3.05, 3.63) is 184 Å². The molecule has 6 aromatic carbocycles. The first-order valence-electron chi connectivity index (χ1n) is 20.3. The van der Waals surface area contributed by atoms with E-state index >= 15 is 0 Å². The molecule has 0 bridgehead atoms. The number of rotatable bonds is 6.